The molecule has 0 aliphatic carbocycles. The highest BCUT2D eigenvalue weighted by atomic mass is 16.5. The van der Waals surface area contributed by atoms with E-state index >= 15 is 0 Å². The second kappa shape index (κ2) is 13.6. The first kappa shape index (κ1) is 23.7. The Bertz CT molecular complexity index is 882. The number of hydrogen-bond donors (Lipinski definition) is 0. The Morgan fingerprint density at radius 1 is 0.839 bits per heavy atom. The summed E-state index contributed by atoms with van der Waals surface area (Å²) in [5.74, 6) is 0.268. The monoisotopic (exact) mass is 421 g/mol. The zero-order chi connectivity index (χ0) is 22.3. The molecule has 0 unspecified atom stereocenters. The Balaban J connectivity index is 1.58. The zero-order valence-electron chi connectivity index (χ0n) is 17.5. The summed E-state index contributed by atoms with van der Waals surface area (Å²) in [5.41, 5.74) is 0.934. The Kier molecular flexibility index (Phi) is 10.4. The van der Waals surface area contributed by atoms with Crippen molar-refractivity contribution in [3.05, 3.63) is 72.3 Å². The maximum absolute atomic E-state index is 12.2. The molecule has 0 fully saturated rings. The zero-order valence-corrected chi connectivity index (χ0v) is 17.5. The molecule has 0 aliphatic heterocycles. The SMILES string of the molecule is C=CC(=O)OCCCCCCCCOc1ccc(C(=O)Oc2ccc(C#N)cc2)cc1. The number of carbonyl (C=O) groups excluding carboxylic acids is 2. The number of hydrogen-bond acceptors (Lipinski definition) is 6. The second-order valence-corrected chi connectivity index (χ2v) is 6.89. The van der Waals surface area contributed by atoms with Crippen LogP contribution in [-0.4, -0.2) is 25.2 Å². The van der Waals surface area contributed by atoms with Gasteiger partial charge in [-0.15, -0.1) is 0 Å². The van der Waals surface area contributed by atoms with E-state index in [1.807, 2.05) is 6.07 Å². The molecule has 0 amide bonds. The molecule has 0 aliphatic rings. The number of carbonyl (C=O) groups is 2. The number of nitrogens with zero attached hydrogens (tertiary/aromatic N) is 1. The van der Waals surface area contributed by atoms with Gasteiger partial charge in [0.1, 0.15) is 11.5 Å². The molecular formula is C25H27NO5. The molecule has 0 radical (unpaired) electrons. The predicted molar refractivity (Wildman–Crippen MR) is 117 cm³/mol. The summed E-state index contributed by atoms with van der Waals surface area (Å²) >= 11 is 0. The summed E-state index contributed by atoms with van der Waals surface area (Å²) in [7, 11) is 0. The molecule has 2 aromatic rings. The average molecular weight is 421 g/mol. The average Bonchev–Trinajstić information content (AvgIpc) is 2.80. The Morgan fingerprint density at radius 3 is 2.03 bits per heavy atom. The Labute approximate surface area is 183 Å². The van der Waals surface area contributed by atoms with Crippen LogP contribution in [0, 0.1) is 11.3 Å². The van der Waals surface area contributed by atoms with Crippen LogP contribution in [0.25, 0.3) is 0 Å². The van der Waals surface area contributed by atoms with Crippen LogP contribution in [0.5, 0.6) is 11.5 Å². The second-order valence-electron chi connectivity index (χ2n) is 6.89. The van der Waals surface area contributed by atoms with E-state index in [0.29, 0.717) is 35.8 Å². The van der Waals surface area contributed by atoms with Crippen LogP contribution in [0.3, 0.4) is 0 Å². The molecule has 2 aromatic carbocycles. The quantitative estimate of drug-likeness (QED) is 0.191. The number of unbranched alkanes of at least 4 members (excludes halogenated alkanes) is 5. The van der Waals surface area contributed by atoms with Crippen molar-refractivity contribution >= 4 is 11.9 Å². The van der Waals surface area contributed by atoms with Crippen molar-refractivity contribution in [1.82, 2.24) is 0 Å². The van der Waals surface area contributed by atoms with Crippen LogP contribution in [0.4, 0.5) is 0 Å². The third kappa shape index (κ3) is 9.18. The first-order valence-electron chi connectivity index (χ1n) is 10.4. The Hall–Kier alpha value is -3.59. The minimum absolute atomic E-state index is 0.367. The van der Waals surface area contributed by atoms with Crippen molar-refractivity contribution in [2.75, 3.05) is 13.2 Å². The van der Waals surface area contributed by atoms with Crippen LogP contribution in [0.2, 0.25) is 0 Å². The van der Waals surface area contributed by atoms with Gasteiger partial charge < -0.3 is 14.2 Å². The van der Waals surface area contributed by atoms with Crippen molar-refractivity contribution in [2.45, 2.75) is 38.5 Å². The lowest BCUT2D eigenvalue weighted by Gasteiger charge is -2.08. The standard InChI is InChI=1S/C25H27NO5/c1-2-24(27)30-18-8-6-4-3-5-7-17-29-22-15-11-21(12-16-22)25(28)31-23-13-9-20(19-26)10-14-23/h2,9-16H,1,3-8,17-18H2. The summed E-state index contributed by atoms with van der Waals surface area (Å²) in [6.45, 7) is 4.42. The molecule has 0 aromatic heterocycles. The van der Waals surface area contributed by atoms with Gasteiger partial charge in [0.25, 0.3) is 0 Å². The number of benzene rings is 2. The lowest BCUT2D eigenvalue weighted by Crippen LogP contribution is -2.08. The summed E-state index contributed by atoms with van der Waals surface area (Å²) in [4.78, 5) is 23.1. The fraction of sp³-hybridized carbons (Fsp3) is 0.320. The van der Waals surface area contributed by atoms with Crippen molar-refractivity contribution in [1.29, 1.82) is 5.26 Å². The largest absolute Gasteiger partial charge is 0.494 e. The fourth-order valence-electron chi connectivity index (χ4n) is 2.78. The van der Waals surface area contributed by atoms with Gasteiger partial charge in [-0.1, -0.05) is 32.3 Å². The van der Waals surface area contributed by atoms with Crippen LogP contribution in [0.15, 0.2) is 61.2 Å². The van der Waals surface area contributed by atoms with Gasteiger partial charge in [-0.05, 0) is 61.4 Å². The van der Waals surface area contributed by atoms with Gasteiger partial charge >= 0.3 is 11.9 Å². The number of esters is 2. The van der Waals surface area contributed by atoms with Crippen LogP contribution >= 0.6 is 0 Å². The Morgan fingerprint density at radius 2 is 1.42 bits per heavy atom. The molecule has 2 rings (SSSR count). The van der Waals surface area contributed by atoms with Crippen LogP contribution < -0.4 is 9.47 Å². The minimum atomic E-state index is -0.462. The van der Waals surface area contributed by atoms with Gasteiger partial charge in [0, 0.05) is 6.08 Å². The van der Waals surface area contributed by atoms with E-state index in [9.17, 15) is 9.59 Å². The number of nitriles is 1. The smallest absolute Gasteiger partial charge is 0.343 e. The third-order valence-corrected chi connectivity index (χ3v) is 4.50. The molecule has 0 heterocycles. The van der Waals surface area contributed by atoms with E-state index in [-0.39, 0.29) is 5.97 Å². The highest BCUT2D eigenvalue weighted by Crippen LogP contribution is 2.17. The molecule has 0 N–H and O–H groups in total. The van der Waals surface area contributed by atoms with Gasteiger partial charge in [-0.3, -0.25) is 0 Å². The molecule has 0 saturated heterocycles. The number of rotatable bonds is 13. The molecule has 0 saturated carbocycles. The third-order valence-electron chi connectivity index (χ3n) is 4.50. The summed E-state index contributed by atoms with van der Waals surface area (Å²) in [5, 5.41) is 8.80. The summed E-state index contributed by atoms with van der Waals surface area (Å²) in [6, 6.07) is 15.2. The molecule has 31 heavy (non-hydrogen) atoms. The topological polar surface area (TPSA) is 85.6 Å². The van der Waals surface area contributed by atoms with Gasteiger partial charge in [-0.25, -0.2) is 9.59 Å². The molecule has 162 valence electrons. The first-order valence-corrected chi connectivity index (χ1v) is 10.4. The van der Waals surface area contributed by atoms with Crippen molar-refractivity contribution in [3.63, 3.8) is 0 Å². The van der Waals surface area contributed by atoms with E-state index in [1.165, 1.54) is 6.08 Å². The van der Waals surface area contributed by atoms with E-state index in [4.69, 9.17) is 19.5 Å². The maximum atomic E-state index is 12.2. The van der Waals surface area contributed by atoms with Gasteiger partial charge in [0.15, 0.2) is 0 Å². The molecule has 0 bridgehead atoms. The molecular weight excluding hydrogens is 394 g/mol. The molecule has 0 spiro atoms. The number of ether oxygens (including phenoxy) is 3. The van der Waals surface area contributed by atoms with Crippen molar-refractivity contribution < 1.29 is 23.8 Å². The van der Waals surface area contributed by atoms with Crippen molar-refractivity contribution in [3.8, 4) is 17.6 Å². The molecule has 6 heteroatoms. The van der Waals surface area contributed by atoms with Gasteiger partial charge in [-0.2, -0.15) is 5.26 Å². The lowest BCUT2D eigenvalue weighted by atomic mass is 10.1. The maximum Gasteiger partial charge on any atom is 0.343 e. The van der Waals surface area contributed by atoms with E-state index < -0.39 is 5.97 Å². The highest BCUT2D eigenvalue weighted by Gasteiger charge is 2.09. The fourth-order valence-corrected chi connectivity index (χ4v) is 2.78. The van der Waals surface area contributed by atoms with Gasteiger partial charge in [0.2, 0.25) is 0 Å². The first-order chi connectivity index (χ1) is 15.1. The van der Waals surface area contributed by atoms with E-state index in [2.05, 4.69) is 6.58 Å². The highest BCUT2D eigenvalue weighted by molar-refractivity contribution is 5.91. The van der Waals surface area contributed by atoms with Crippen molar-refractivity contribution in [2.24, 2.45) is 0 Å². The summed E-state index contributed by atoms with van der Waals surface area (Å²) < 4.78 is 15.9. The molecule has 6 nitrogen and oxygen atoms in total. The van der Waals surface area contributed by atoms with E-state index in [0.717, 1.165) is 38.5 Å². The normalized spacial score (nSPS) is 10.0. The predicted octanol–water partition coefficient (Wildman–Crippen LogP) is 5.23. The lowest BCUT2D eigenvalue weighted by molar-refractivity contribution is -0.137. The van der Waals surface area contributed by atoms with E-state index in [1.54, 1.807) is 48.5 Å². The van der Waals surface area contributed by atoms with Crippen LogP contribution in [-0.2, 0) is 9.53 Å². The summed E-state index contributed by atoms with van der Waals surface area (Å²) in [6.07, 6.45) is 7.31. The minimum Gasteiger partial charge on any atom is -0.494 e. The van der Waals surface area contributed by atoms with Gasteiger partial charge in [0.05, 0.1) is 30.4 Å². The van der Waals surface area contributed by atoms with Crippen LogP contribution in [0.1, 0.15) is 54.4 Å². The molecule has 0 atom stereocenters.